The van der Waals surface area contributed by atoms with E-state index in [1.807, 2.05) is 6.07 Å². The van der Waals surface area contributed by atoms with E-state index in [0.29, 0.717) is 17.5 Å². The van der Waals surface area contributed by atoms with Crippen molar-refractivity contribution in [2.75, 3.05) is 0 Å². The maximum Gasteiger partial charge on any atom is 0.164 e. The Morgan fingerprint density at radius 3 is 1.32 bits per heavy atom. The maximum atomic E-state index is 5.51. The van der Waals surface area contributed by atoms with Crippen molar-refractivity contribution in [1.82, 2.24) is 15.0 Å². The average Bonchev–Trinajstić information content (AvgIpc) is 3.86. The van der Waals surface area contributed by atoms with Crippen molar-refractivity contribution >= 4 is 43.1 Å². The molecular formula is C62H37N3. The van der Waals surface area contributed by atoms with Gasteiger partial charge in [-0.1, -0.05) is 212 Å². The van der Waals surface area contributed by atoms with Gasteiger partial charge in [0.2, 0.25) is 0 Å². The van der Waals surface area contributed by atoms with Gasteiger partial charge < -0.3 is 0 Å². The summed E-state index contributed by atoms with van der Waals surface area (Å²) in [4.78, 5) is 16.2. The van der Waals surface area contributed by atoms with Crippen LogP contribution in [0.25, 0.3) is 111 Å². The minimum atomic E-state index is -0.554. The summed E-state index contributed by atoms with van der Waals surface area (Å²) in [6.45, 7) is 0. The molecule has 2 aliphatic carbocycles. The molecule has 0 bridgehead atoms. The Balaban J connectivity index is 1.02. The molecule has 1 spiro atoms. The Morgan fingerprint density at radius 1 is 0.246 bits per heavy atom. The number of fused-ring (bicyclic) bond motifs is 18. The summed E-state index contributed by atoms with van der Waals surface area (Å²) in [5.74, 6) is 1.92. The van der Waals surface area contributed by atoms with Crippen molar-refractivity contribution in [2.24, 2.45) is 0 Å². The molecule has 0 unspecified atom stereocenters. The standard InChI is InChI=1S/C62H37N3/c1-2-18-38(19-3-1)59-63-60(40-21-16-20-39(36-40)52-37-53-43-24-5-4-22-41(43)42-23-6-8-29-48(42)57(53)49-30-9-7-25-44(49)52)65-61(64-59)51-32-17-31-50-47-28-12-15-35-56(47)62(58(50)51)54-33-13-10-26-45(54)46-27-11-14-34-55(46)62/h1-37H. The van der Waals surface area contributed by atoms with Crippen molar-refractivity contribution in [3.05, 3.63) is 247 Å². The number of hydrogen-bond donors (Lipinski definition) is 0. The second-order valence-corrected chi connectivity index (χ2v) is 17.4. The van der Waals surface area contributed by atoms with E-state index in [9.17, 15) is 0 Å². The Hall–Kier alpha value is -8.53. The van der Waals surface area contributed by atoms with E-state index < -0.39 is 5.41 Å². The van der Waals surface area contributed by atoms with E-state index in [1.54, 1.807) is 0 Å². The van der Waals surface area contributed by atoms with Crippen LogP contribution >= 0.6 is 0 Å². The first-order chi connectivity index (χ1) is 32.3. The van der Waals surface area contributed by atoms with Crippen molar-refractivity contribution in [3.8, 4) is 67.5 Å². The highest BCUT2D eigenvalue weighted by atomic mass is 15.0. The second-order valence-electron chi connectivity index (χ2n) is 17.4. The predicted molar refractivity (Wildman–Crippen MR) is 268 cm³/mol. The summed E-state index contributed by atoms with van der Waals surface area (Å²) in [6, 6.07) is 81.5. The van der Waals surface area contributed by atoms with Gasteiger partial charge in [-0.3, -0.25) is 0 Å². The molecule has 14 rings (SSSR count). The minimum absolute atomic E-state index is 0.554. The van der Waals surface area contributed by atoms with Gasteiger partial charge in [0.25, 0.3) is 0 Å². The molecule has 0 aliphatic heterocycles. The van der Waals surface area contributed by atoms with Gasteiger partial charge in [-0.25, -0.2) is 15.0 Å². The molecule has 2 aliphatic rings. The molecule has 11 aromatic carbocycles. The largest absolute Gasteiger partial charge is 0.208 e. The topological polar surface area (TPSA) is 38.7 Å². The highest BCUT2D eigenvalue weighted by Crippen LogP contribution is 2.64. The highest BCUT2D eigenvalue weighted by molar-refractivity contribution is 6.33. The number of benzene rings is 11. The molecule has 65 heavy (non-hydrogen) atoms. The molecule has 0 amide bonds. The number of hydrogen-bond acceptors (Lipinski definition) is 3. The van der Waals surface area contributed by atoms with Gasteiger partial charge in [0.15, 0.2) is 17.5 Å². The van der Waals surface area contributed by atoms with E-state index in [2.05, 4.69) is 218 Å². The fourth-order valence-corrected chi connectivity index (χ4v) is 11.5. The smallest absolute Gasteiger partial charge is 0.164 e. The van der Waals surface area contributed by atoms with Crippen LogP contribution in [0, 0.1) is 0 Å². The Labute approximate surface area is 376 Å². The van der Waals surface area contributed by atoms with Gasteiger partial charge in [-0.05, 0) is 111 Å². The molecule has 1 heterocycles. The van der Waals surface area contributed by atoms with Gasteiger partial charge in [0.05, 0.1) is 5.41 Å². The highest BCUT2D eigenvalue weighted by Gasteiger charge is 2.52. The van der Waals surface area contributed by atoms with Gasteiger partial charge in [-0.15, -0.1) is 0 Å². The van der Waals surface area contributed by atoms with Crippen molar-refractivity contribution in [2.45, 2.75) is 5.41 Å². The lowest BCUT2D eigenvalue weighted by Crippen LogP contribution is -2.26. The van der Waals surface area contributed by atoms with E-state index >= 15 is 0 Å². The Morgan fingerprint density at radius 2 is 0.662 bits per heavy atom. The van der Waals surface area contributed by atoms with E-state index in [4.69, 9.17) is 15.0 Å². The van der Waals surface area contributed by atoms with Crippen molar-refractivity contribution < 1.29 is 0 Å². The van der Waals surface area contributed by atoms with Gasteiger partial charge in [0, 0.05) is 16.7 Å². The summed E-state index contributed by atoms with van der Waals surface area (Å²) in [5.41, 5.74) is 14.6. The van der Waals surface area contributed by atoms with Crippen LogP contribution in [0.15, 0.2) is 224 Å². The molecule has 0 saturated heterocycles. The Kier molecular flexibility index (Phi) is 7.61. The fourth-order valence-electron chi connectivity index (χ4n) is 11.5. The molecule has 0 fully saturated rings. The lowest BCUT2D eigenvalue weighted by atomic mass is 9.69. The van der Waals surface area contributed by atoms with E-state index in [-0.39, 0.29) is 0 Å². The summed E-state index contributed by atoms with van der Waals surface area (Å²) < 4.78 is 0. The number of rotatable bonds is 4. The first kappa shape index (κ1) is 36.0. The van der Waals surface area contributed by atoms with E-state index in [1.165, 1.54) is 93.2 Å². The zero-order valence-corrected chi connectivity index (χ0v) is 35.2. The molecule has 0 radical (unpaired) electrons. The fraction of sp³-hybridized carbons (Fsp3) is 0.0161. The van der Waals surface area contributed by atoms with Crippen LogP contribution in [0.1, 0.15) is 22.3 Å². The van der Waals surface area contributed by atoms with Gasteiger partial charge >= 0.3 is 0 Å². The normalized spacial score (nSPS) is 13.0. The summed E-state index contributed by atoms with van der Waals surface area (Å²) in [5, 5.41) is 10.0. The Bertz CT molecular complexity index is 3900. The maximum absolute atomic E-state index is 5.51. The van der Waals surface area contributed by atoms with Crippen LogP contribution < -0.4 is 0 Å². The molecular weight excluding hydrogens is 787 g/mol. The monoisotopic (exact) mass is 823 g/mol. The molecule has 0 atom stereocenters. The third kappa shape index (κ3) is 5.04. The lowest BCUT2D eigenvalue weighted by Gasteiger charge is -2.31. The first-order valence-electron chi connectivity index (χ1n) is 22.4. The molecule has 0 N–H and O–H groups in total. The van der Waals surface area contributed by atoms with Crippen LogP contribution in [0.5, 0.6) is 0 Å². The molecule has 12 aromatic rings. The number of nitrogens with zero attached hydrogens (tertiary/aromatic N) is 3. The van der Waals surface area contributed by atoms with Gasteiger partial charge in [0.1, 0.15) is 0 Å². The molecule has 1 aromatic heterocycles. The zero-order chi connectivity index (χ0) is 42.6. The van der Waals surface area contributed by atoms with Crippen LogP contribution in [0.3, 0.4) is 0 Å². The SMILES string of the molecule is c1ccc(-c2nc(-c3cccc(-c4cc5c6ccccc6c6ccccc6c5c5ccccc45)c3)nc(-c3cccc4c3C3(c5ccccc5-c5ccccc53)c3ccccc3-4)n2)cc1. The van der Waals surface area contributed by atoms with Crippen LogP contribution in [0.4, 0.5) is 0 Å². The molecule has 3 nitrogen and oxygen atoms in total. The predicted octanol–water partition coefficient (Wildman–Crippen LogP) is 15.5. The quantitative estimate of drug-likeness (QED) is 0.166. The molecule has 0 saturated carbocycles. The zero-order valence-electron chi connectivity index (χ0n) is 35.2. The number of aromatic nitrogens is 3. The van der Waals surface area contributed by atoms with Crippen molar-refractivity contribution in [3.63, 3.8) is 0 Å². The van der Waals surface area contributed by atoms with Crippen LogP contribution in [-0.4, -0.2) is 15.0 Å². The average molecular weight is 824 g/mol. The summed E-state index contributed by atoms with van der Waals surface area (Å²) in [7, 11) is 0. The molecule has 3 heteroatoms. The van der Waals surface area contributed by atoms with Crippen molar-refractivity contribution in [1.29, 1.82) is 0 Å². The molecule has 300 valence electrons. The third-order valence-electron chi connectivity index (χ3n) is 14.1. The third-order valence-corrected chi connectivity index (χ3v) is 14.1. The van der Waals surface area contributed by atoms with Crippen LogP contribution in [0.2, 0.25) is 0 Å². The summed E-state index contributed by atoms with van der Waals surface area (Å²) in [6.07, 6.45) is 0. The first-order valence-corrected chi connectivity index (χ1v) is 22.4. The second kappa shape index (κ2) is 13.7. The lowest BCUT2D eigenvalue weighted by molar-refractivity contribution is 0.794. The van der Waals surface area contributed by atoms with Crippen LogP contribution in [-0.2, 0) is 5.41 Å². The minimum Gasteiger partial charge on any atom is -0.208 e. The van der Waals surface area contributed by atoms with Gasteiger partial charge in [-0.2, -0.15) is 0 Å². The van der Waals surface area contributed by atoms with E-state index in [0.717, 1.165) is 22.3 Å². The summed E-state index contributed by atoms with van der Waals surface area (Å²) >= 11 is 0.